The summed E-state index contributed by atoms with van der Waals surface area (Å²) >= 11 is 0. The maximum atomic E-state index is 13.6. The second-order valence-corrected chi connectivity index (χ2v) is 8.27. The molecule has 1 aromatic carbocycles. The van der Waals surface area contributed by atoms with Gasteiger partial charge in [-0.2, -0.15) is 0 Å². The van der Waals surface area contributed by atoms with Crippen molar-refractivity contribution >= 4 is 34.0 Å². The average Bonchev–Trinajstić information content (AvgIpc) is 3.15. The topological polar surface area (TPSA) is 90.3 Å². The lowest BCUT2D eigenvalue weighted by Crippen LogP contribution is -2.52. The predicted octanol–water partition coefficient (Wildman–Crippen LogP) is 4.05. The fraction of sp³-hybridized carbons (Fsp3) is 0.391. The molecular weight excluding hydrogens is 376 g/mol. The van der Waals surface area contributed by atoms with E-state index in [1.54, 1.807) is 12.4 Å². The molecule has 4 rings (SSSR count). The van der Waals surface area contributed by atoms with Gasteiger partial charge >= 0.3 is 0 Å². The Labute approximate surface area is 177 Å². The molecule has 3 heterocycles. The molecule has 158 valence electrons. The SMILES string of the molecule is CC(C)Nc1cccnc1N(C)C1CCCCN1C(=O)c1c[nH]c2ccc(N)cc12. The van der Waals surface area contributed by atoms with Crippen LogP contribution in [-0.4, -0.2) is 46.6 Å². The van der Waals surface area contributed by atoms with Crippen LogP contribution in [-0.2, 0) is 0 Å². The number of carbonyl (C=O) groups excluding carboxylic acids is 1. The Morgan fingerprint density at radius 1 is 1.33 bits per heavy atom. The van der Waals surface area contributed by atoms with Gasteiger partial charge in [-0.1, -0.05) is 0 Å². The van der Waals surface area contributed by atoms with E-state index in [1.807, 2.05) is 42.3 Å². The van der Waals surface area contributed by atoms with Gasteiger partial charge in [-0.15, -0.1) is 0 Å². The Hall–Kier alpha value is -3.22. The van der Waals surface area contributed by atoms with Crippen molar-refractivity contribution in [2.75, 3.05) is 29.5 Å². The summed E-state index contributed by atoms with van der Waals surface area (Å²) in [6.07, 6.45) is 6.53. The van der Waals surface area contributed by atoms with Gasteiger partial charge in [-0.3, -0.25) is 4.79 Å². The first-order valence-corrected chi connectivity index (χ1v) is 10.6. The molecular formula is C23H30N6O. The number of pyridine rings is 1. The summed E-state index contributed by atoms with van der Waals surface area (Å²) in [7, 11) is 2.03. The van der Waals surface area contributed by atoms with Crippen LogP contribution in [0.25, 0.3) is 10.9 Å². The molecule has 1 atom stereocenters. The van der Waals surface area contributed by atoms with Crippen molar-refractivity contribution in [2.24, 2.45) is 0 Å². The second-order valence-electron chi connectivity index (χ2n) is 8.27. The molecule has 7 nitrogen and oxygen atoms in total. The Kier molecular flexibility index (Phi) is 5.53. The monoisotopic (exact) mass is 406 g/mol. The van der Waals surface area contributed by atoms with E-state index in [-0.39, 0.29) is 12.1 Å². The van der Waals surface area contributed by atoms with Gasteiger partial charge in [0.25, 0.3) is 5.91 Å². The summed E-state index contributed by atoms with van der Waals surface area (Å²) in [5.74, 6) is 0.886. The van der Waals surface area contributed by atoms with Crippen LogP contribution >= 0.6 is 0 Å². The molecule has 1 unspecified atom stereocenters. The van der Waals surface area contributed by atoms with Gasteiger partial charge in [0.1, 0.15) is 6.17 Å². The highest BCUT2D eigenvalue weighted by molar-refractivity contribution is 6.07. The maximum Gasteiger partial charge on any atom is 0.257 e. The van der Waals surface area contributed by atoms with E-state index in [9.17, 15) is 4.79 Å². The molecule has 30 heavy (non-hydrogen) atoms. The Morgan fingerprint density at radius 2 is 2.17 bits per heavy atom. The predicted molar refractivity (Wildman–Crippen MR) is 123 cm³/mol. The number of hydrogen-bond acceptors (Lipinski definition) is 5. The summed E-state index contributed by atoms with van der Waals surface area (Å²) in [4.78, 5) is 25.5. The number of benzene rings is 1. The number of H-pyrrole nitrogens is 1. The number of fused-ring (bicyclic) bond motifs is 1. The number of piperidine rings is 1. The number of anilines is 3. The van der Waals surface area contributed by atoms with E-state index < -0.39 is 0 Å². The van der Waals surface area contributed by atoms with Gasteiger partial charge in [-0.05, 0) is 63.4 Å². The van der Waals surface area contributed by atoms with E-state index in [2.05, 4.69) is 34.0 Å². The molecule has 0 aliphatic carbocycles. The summed E-state index contributed by atoms with van der Waals surface area (Å²) < 4.78 is 0. The standard InChI is InChI=1S/C23H30N6O/c1-15(2)27-20-7-6-11-25-22(20)28(3)21-8-4-5-12-29(21)23(30)18-14-26-19-10-9-16(24)13-17(18)19/h6-7,9-11,13-15,21,26-27H,4-5,8,12,24H2,1-3H3. The number of carbonyl (C=O) groups is 1. The van der Waals surface area contributed by atoms with Gasteiger partial charge in [0.2, 0.25) is 0 Å². The summed E-state index contributed by atoms with van der Waals surface area (Å²) in [6, 6.07) is 9.89. The normalized spacial score (nSPS) is 16.8. The highest BCUT2D eigenvalue weighted by Gasteiger charge is 2.32. The smallest absolute Gasteiger partial charge is 0.257 e. The molecule has 0 spiro atoms. The van der Waals surface area contributed by atoms with Crippen molar-refractivity contribution in [1.82, 2.24) is 14.9 Å². The minimum atomic E-state index is -0.0557. The lowest BCUT2D eigenvalue weighted by molar-refractivity contribution is 0.0615. The largest absolute Gasteiger partial charge is 0.399 e. The van der Waals surface area contributed by atoms with Crippen LogP contribution in [0.1, 0.15) is 43.5 Å². The van der Waals surface area contributed by atoms with Crippen molar-refractivity contribution in [3.05, 3.63) is 48.3 Å². The zero-order valence-corrected chi connectivity index (χ0v) is 17.9. The van der Waals surface area contributed by atoms with E-state index in [4.69, 9.17) is 5.73 Å². The summed E-state index contributed by atoms with van der Waals surface area (Å²) in [6.45, 7) is 4.94. The fourth-order valence-electron chi connectivity index (χ4n) is 4.27. The third kappa shape index (κ3) is 3.79. The van der Waals surface area contributed by atoms with Crippen LogP contribution < -0.4 is 16.0 Å². The van der Waals surface area contributed by atoms with E-state index >= 15 is 0 Å². The van der Waals surface area contributed by atoms with Crippen LogP contribution in [0.5, 0.6) is 0 Å². The number of amides is 1. The van der Waals surface area contributed by atoms with Crippen molar-refractivity contribution in [1.29, 1.82) is 0 Å². The zero-order valence-electron chi connectivity index (χ0n) is 17.9. The molecule has 4 N–H and O–H groups in total. The van der Waals surface area contributed by atoms with Crippen LogP contribution in [0.3, 0.4) is 0 Å². The lowest BCUT2D eigenvalue weighted by atomic mass is 10.0. The van der Waals surface area contributed by atoms with Crippen molar-refractivity contribution in [3.8, 4) is 0 Å². The Balaban J connectivity index is 1.66. The molecule has 3 aromatic rings. The number of nitrogens with one attached hydrogen (secondary N) is 2. The average molecular weight is 407 g/mol. The fourth-order valence-corrected chi connectivity index (χ4v) is 4.27. The summed E-state index contributed by atoms with van der Waals surface area (Å²) in [5.41, 5.74) is 9.19. The van der Waals surface area contributed by atoms with Crippen LogP contribution in [0, 0.1) is 0 Å². The minimum absolute atomic E-state index is 0.0256. The van der Waals surface area contributed by atoms with Gasteiger partial charge in [0.15, 0.2) is 5.82 Å². The van der Waals surface area contributed by atoms with Crippen LogP contribution in [0.4, 0.5) is 17.2 Å². The van der Waals surface area contributed by atoms with E-state index in [1.165, 1.54) is 0 Å². The van der Waals surface area contributed by atoms with Gasteiger partial charge in [0, 0.05) is 48.6 Å². The van der Waals surface area contributed by atoms with Crippen molar-refractivity contribution < 1.29 is 4.79 Å². The number of rotatable bonds is 5. The highest BCUT2D eigenvalue weighted by Crippen LogP contribution is 2.31. The maximum absolute atomic E-state index is 13.6. The third-order valence-corrected chi connectivity index (χ3v) is 5.68. The number of nitrogen functional groups attached to an aromatic ring is 1. The molecule has 0 radical (unpaired) electrons. The minimum Gasteiger partial charge on any atom is -0.399 e. The molecule has 2 aromatic heterocycles. The highest BCUT2D eigenvalue weighted by atomic mass is 16.2. The number of likely N-dealkylation sites (tertiary alicyclic amines) is 1. The van der Waals surface area contributed by atoms with Crippen LogP contribution in [0.2, 0.25) is 0 Å². The number of nitrogens with two attached hydrogens (primary N) is 1. The molecule has 7 heteroatoms. The van der Waals surface area contributed by atoms with E-state index in [0.717, 1.165) is 48.2 Å². The van der Waals surface area contributed by atoms with Gasteiger partial charge in [-0.25, -0.2) is 4.98 Å². The molecule has 0 bridgehead atoms. The molecule has 1 fully saturated rings. The molecule has 1 aliphatic heterocycles. The molecule has 0 saturated carbocycles. The Morgan fingerprint density at radius 3 is 2.97 bits per heavy atom. The van der Waals surface area contributed by atoms with Crippen molar-refractivity contribution in [3.63, 3.8) is 0 Å². The second kappa shape index (κ2) is 8.26. The number of nitrogens with zero attached hydrogens (tertiary/aromatic N) is 3. The third-order valence-electron chi connectivity index (χ3n) is 5.68. The number of aromatic amines is 1. The summed E-state index contributed by atoms with van der Waals surface area (Å²) in [5, 5.41) is 4.34. The van der Waals surface area contributed by atoms with Crippen molar-refractivity contribution in [2.45, 2.75) is 45.3 Å². The van der Waals surface area contributed by atoms with E-state index in [0.29, 0.717) is 17.3 Å². The molecule has 1 aliphatic rings. The Bertz CT molecular complexity index is 1040. The first-order chi connectivity index (χ1) is 14.5. The zero-order chi connectivity index (χ0) is 21.3. The first-order valence-electron chi connectivity index (χ1n) is 10.6. The quantitative estimate of drug-likeness (QED) is 0.556. The van der Waals surface area contributed by atoms with Gasteiger partial charge in [0.05, 0.1) is 11.3 Å². The molecule has 1 amide bonds. The first kappa shape index (κ1) is 20.1. The molecule has 1 saturated heterocycles. The number of aromatic nitrogens is 2. The lowest BCUT2D eigenvalue weighted by Gasteiger charge is -2.42. The number of hydrogen-bond donors (Lipinski definition) is 3. The van der Waals surface area contributed by atoms with Gasteiger partial charge < -0.3 is 25.8 Å². The van der Waals surface area contributed by atoms with Crippen LogP contribution in [0.15, 0.2) is 42.7 Å².